The second-order valence-corrected chi connectivity index (χ2v) is 7.56. The van der Waals surface area contributed by atoms with Crippen molar-refractivity contribution >= 4 is 27.5 Å². The zero-order valence-electron chi connectivity index (χ0n) is 16.0. The van der Waals surface area contributed by atoms with Crippen molar-refractivity contribution in [2.24, 2.45) is 0 Å². The summed E-state index contributed by atoms with van der Waals surface area (Å²) >= 11 is 0.860. The maximum absolute atomic E-state index is 13.0. The number of benzene rings is 1. The highest BCUT2D eigenvalue weighted by molar-refractivity contribution is 7.20. The number of nitrogens with one attached hydrogen (secondary N) is 1. The third-order valence-corrected chi connectivity index (χ3v) is 5.50. The van der Waals surface area contributed by atoms with Gasteiger partial charge in [-0.1, -0.05) is 0 Å². The highest BCUT2D eigenvalue weighted by Crippen LogP contribution is 2.36. The van der Waals surface area contributed by atoms with Crippen LogP contribution in [0.5, 0.6) is 0 Å². The third kappa shape index (κ3) is 4.73. The Morgan fingerprint density at radius 1 is 1.10 bits per heavy atom. The molecule has 0 aliphatic heterocycles. The Morgan fingerprint density at radius 3 is 2.19 bits per heavy atom. The van der Waals surface area contributed by atoms with E-state index in [1.165, 1.54) is 6.92 Å². The van der Waals surface area contributed by atoms with Gasteiger partial charge in [0.05, 0.1) is 23.1 Å². The van der Waals surface area contributed by atoms with Gasteiger partial charge in [0.1, 0.15) is 15.5 Å². The minimum absolute atomic E-state index is 0.0249. The highest BCUT2D eigenvalue weighted by Gasteiger charge is 2.37. The Bertz CT molecular complexity index is 1180. The zero-order valence-corrected chi connectivity index (χ0v) is 16.8. The second-order valence-electron chi connectivity index (χ2n) is 6.56. The maximum atomic E-state index is 13.0. The van der Waals surface area contributed by atoms with Gasteiger partial charge in [-0.15, -0.1) is 11.3 Å². The van der Waals surface area contributed by atoms with Gasteiger partial charge < -0.3 is 9.72 Å². The summed E-state index contributed by atoms with van der Waals surface area (Å²) in [6.07, 6.45) is -10.5. The number of alkyl halides is 6. The van der Waals surface area contributed by atoms with Crippen LogP contribution in [0.3, 0.4) is 0 Å². The molecule has 166 valence electrons. The molecule has 1 aromatic carbocycles. The Labute approximate surface area is 174 Å². The quantitative estimate of drug-likeness (QED) is 0.431. The number of nitrogens with zero attached hydrogens (tertiary/aromatic N) is 1. The van der Waals surface area contributed by atoms with E-state index in [9.17, 15) is 35.9 Å². The molecular weight excluding hydrogens is 450 g/mol. The maximum Gasteiger partial charge on any atom is 0.416 e. The van der Waals surface area contributed by atoms with E-state index in [0.29, 0.717) is 17.7 Å². The van der Waals surface area contributed by atoms with Crippen molar-refractivity contribution in [1.82, 2.24) is 9.97 Å². The highest BCUT2D eigenvalue weighted by atomic mass is 32.1. The van der Waals surface area contributed by atoms with Crippen LogP contribution in [0, 0.1) is 6.92 Å². The standard InChI is InChI=1S/C19H14F6N2O3S/c1-3-30-17(29)14-8(2)13-15(28)26-12(27-16(13)31-14)6-9-4-10(18(20,21)22)7-11(5-9)19(23,24)25/h4-5,7H,3,6H2,1-2H3,(H,26,27,28). The summed E-state index contributed by atoms with van der Waals surface area (Å²) in [5, 5.41) is 0.108. The van der Waals surface area contributed by atoms with Crippen LogP contribution in [0.2, 0.25) is 0 Å². The fourth-order valence-electron chi connectivity index (χ4n) is 2.98. The number of thiophene rings is 1. The van der Waals surface area contributed by atoms with Crippen LogP contribution >= 0.6 is 11.3 Å². The van der Waals surface area contributed by atoms with Gasteiger partial charge in [-0.2, -0.15) is 26.3 Å². The van der Waals surface area contributed by atoms with Gasteiger partial charge in [-0.25, -0.2) is 9.78 Å². The minimum atomic E-state index is -4.99. The fourth-order valence-corrected chi connectivity index (χ4v) is 4.07. The van der Waals surface area contributed by atoms with Crippen molar-refractivity contribution in [1.29, 1.82) is 0 Å². The van der Waals surface area contributed by atoms with Crippen LogP contribution in [-0.2, 0) is 23.5 Å². The Balaban J connectivity index is 2.08. The number of aryl methyl sites for hydroxylation is 1. The summed E-state index contributed by atoms with van der Waals surface area (Å²) < 4.78 is 83.2. The molecule has 5 nitrogen and oxygen atoms in total. The first-order valence-corrected chi connectivity index (χ1v) is 9.60. The van der Waals surface area contributed by atoms with Crippen LogP contribution < -0.4 is 5.56 Å². The summed E-state index contributed by atoms with van der Waals surface area (Å²) in [6.45, 7) is 3.23. The molecule has 2 heterocycles. The summed E-state index contributed by atoms with van der Waals surface area (Å²) in [7, 11) is 0. The smallest absolute Gasteiger partial charge is 0.416 e. The van der Waals surface area contributed by atoms with Gasteiger partial charge >= 0.3 is 18.3 Å². The monoisotopic (exact) mass is 464 g/mol. The molecule has 0 saturated carbocycles. The van der Waals surface area contributed by atoms with Crippen LogP contribution in [0.25, 0.3) is 10.2 Å². The molecule has 1 N–H and O–H groups in total. The number of halogens is 6. The number of H-pyrrole nitrogens is 1. The molecule has 31 heavy (non-hydrogen) atoms. The van der Waals surface area contributed by atoms with Crippen LogP contribution in [0.15, 0.2) is 23.0 Å². The van der Waals surface area contributed by atoms with Crippen molar-refractivity contribution in [2.45, 2.75) is 32.6 Å². The predicted octanol–water partition coefficient (Wildman–Crippen LogP) is 5.10. The lowest BCUT2D eigenvalue weighted by atomic mass is 10.0. The lowest BCUT2D eigenvalue weighted by molar-refractivity contribution is -0.143. The lowest BCUT2D eigenvalue weighted by Crippen LogP contribution is -2.14. The number of aromatic nitrogens is 2. The van der Waals surface area contributed by atoms with E-state index in [1.807, 2.05) is 0 Å². The minimum Gasteiger partial charge on any atom is -0.462 e. The first-order chi connectivity index (χ1) is 14.3. The molecule has 0 atom stereocenters. The summed E-state index contributed by atoms with van der Waals surface area (Å²) in [6, 6.07) is 1.17. The summed E-state index contributed by atoms with van der Waals surface area (Å²) in [5.74, 6) is -0.793. The fraction of sp³-hybridized carbons (Fsp3) is 0.316. The molecule has 0 fully saturated rings. The molecule has 0 radical (unpaired) electrons. The van der Waals surface area contributed by atoms with Crippen molar-refractivity contribution < 1.29 is 35.9 Å². The van der Waals surface area contributed by atoms with Gasteiger partial charge in [0.25, 0.3) is 5.56 Å². The number of aromatic amines is 1. The normalized spacial score (nSPS) is 12.4. The van der Waals surface area contributed by atoms with E-state index in [4.69, 9.17) is 4.74 Å². The van der Waals surface area contributed by atoms with E-state index in [1.54, 1.807) is 6.92 Å². The van der Waals surface area contributed by atoms with Gasteiger partial charge in [0.2, 0.25) is 0 Å². The first-order valence-electron chi connectivity index (χ1n) is 8.79. The molecule has 0 bridgehead atoms. The largest absolute Gasteiger partial charge is 0.462 e. The molecule has 0 saturated heterocycles. The molecule has 0 aliphatic rings. The Morgan fingerprint density at radius 2 is 1.68 bits per heavy atom. The predicted molar refractivity (Wildman–Crippen MR) is 100 cm³/mol. The van der Waals surface area contributed by atoms with Gasteiger partial charge in [-0.05, 0) is 43.2 Å². The van der Waals surface area contributed by atoms with E-state index in [-0.39, 0.29) is 39.2 Å². The second kappa shape index (κ2) is 7.98. The first kappa shape index (κ1) is 22.8. The number of carbonyl (C=O) groups excluding carboxylic acids is 1. The third-order valence-electron chi connectivity index (χ3n) is 4.33. The Hall–Kier alpha value is -2.89. The average Bonchev–Trinajstić information content (AvgIpc) is 2.97. The number of esters is 1. The number of carbonyl (C=O) groups is 1. The van der Waals surface area contributed by atoms with Gasteiger partial charge in [0.15, 0.2) is 0 Å². The molecule has 0 spiro atoms. The van der Waals surface area contributed by atoms with Gasteiger partial charge in [0, 0.05) is 6.42 Å². The molecule has 0 unspecified atom stereocenters. The topological polar surface area (TPSA) is 72.0 Å². The number of hydrogen-bond acceptors (Lipinski definition) is 5. The summed E-state index contributed by atoms with van der Waals surface area (Å²) in [4.78, 5) is 31.2. The van der Waals surface area contributed by atoms with Crippen molar-refractivity contribution in [3.05, 3.63) is 61.5 Å². The molecule has 12 heteroatoms. The lowest BCUT2D eigenvalue weighted by Gasteiger charge is -2.14. The zero-order chi connectivity index (χ0) is 23.1. The molecule has 0 amide bonds. The van der Waals surface area contributed by atoms with Crippen molar-refractivity contribution in [3.63, 3.8) is 0 Å². The SMILES string of the molecule is CCOC(=O)c1sc2nc(Cc3cc(C(F)(F)F)cc(C(F)(F)F)c3)[nH]c(=O)c2c1C. The Kier molecular flexibility index (Phi) is 5.87. The molecule has 0 aliphatic carbocycles. The van der Waals surface area contributed by atoms with E-state index in [2.05, 4.69) is 9.97 Å². The number of ether oxygens (including phenoxy) is 1. The number of rotatable bonds is 4. The molecular formula is C19H14F6N2O3S. The van der Waals surface area contributed by atoms with Crippen molar-refractivity contribution in [2.75, 3.05) is 6.61 Å². The van der Waals surface area contributed by atoms with E-state index in [0.717, 1.165) is 11.3 Å². The average molecular weight is 464 g/mol. The molecule has 3 aromatic rings. The van der Waals surface area contributed by atoms with Crippen LogP contribution in [0.1, 0.15) is 44.7 Å². The van der Waals surface area contributed by atoms with Gasteiger partial charge in [-0.3, -0.25) is 4.79 Å². The van der Waals surface area contributed by atoms with E-state index < -0.39 is 41.4 Å². The number of hydrogen-bond donors (Lipinski definition) is 1. The van der Waals surface area contributed by atoms with Crippen LogP contribution in [0.4, 0.5) is 26.3 Å². The summed E-state index contributed by atoms with van der Waals surface area (Å²) in [5.41, 5.74) is -3.58. The molecule has 2 aromatic heterocycles. The number of fused-ring (bicyclic) bond motifs is 1. The molecule has 3 rings (SSSR count). The van der Waals surface area contributed by atoms with Crippen molar-refractivity contribution in [3.8, 4) is 0 Å². The van der Waals surface area contributed by atoms with E-state index >= 15 is 0 Å². The van der Waals surface area contributed by atoms with Crippen LogP contribution in [-0.4, -0.2) is 22.5 Å².